The van der Waals surface area contributed by atoms with Gasteiger partial charge in [0.25, 0.3) is 5.56 Å². The minimum absolute atomic E-state index is 0.126. The zero-order valence-electron chi connectivity index (χ0n) is 12.8. The van der Waals surface area contributed by atoms with Crippen molar-refractivity contribution in [3.8, 4) is 0 Å². The number of benzene rings is 2. The van der Waals surface area contributed by atoms with Crippen molar-refractivity contribution in [3.05, 3.63) is 70.5 Å². The van der Waals surface area contributed by atoms with E-state index in [0.717, 1.165) is 22.2 Å². The molecule has 4 N–H and O–H groups in total. The molecule has 0 spiro atoms. The summed E-state index contributed by atoms with van der Waals surface area (Å²) in [5, 5.41) is 3.78. The molecule has 24 heavy (non-hydrogen) atoms. The number of anilines is 2. The number of aromatic amines is 1. The first kappa shape index (κ1) is 14.5. The lowest BCUT2D eigenvalue weighted by Crippen LogP contribution is -2.48. The van der Waals surface area contributed by atoms with E-state index in [-0.39, 0.29) is 11.5 Å². The van der Waals surface area contributed by atoms with Crippen LogP contribution in [0.1, 0.15) is 5.56 Å². The monoisotopic (exact) mass is 320 g/mol. The van der Waals surface area contributed by atoms with Crippen LogP contribution >= 0.6 is 0 Å². The fourth-order valence-electron chi connectivity index (χ4n) is 2.87. The van der Waals surface area contributed by atoms with Gasteiger partial charge in [-0.1, -0.05) is 36.4 Å². The molecule has 1 aromatic heterocycles. The number of H-pyrrole nitrogens is 1. The van der Waals surface area contributed by atoms with Crippen molar-refractivity contribution in [3.63, 3.8) is 0 Å². The van der Waals surface area contributed by atoms with E-state index in [9.17, 15) is 9.59 Å². The lowest BCUT2D eigenvalue weighted by molar-refractivity contribution is -0.118. The first-order valence-electron chi connectivity index (χ1n) is 7.73. The third-order valence-electron chi connectivity index (χ3n) is 4.15. The maximum atomic E-state index is 12.2. The average molecular weight is 320 g/mol. The number of hydrogen-bond donors (Lipinski definition) is 4. The van der Waals surface area contributed by atoms with Crippen molar-refractivity contribution in [1.29, 1.82) is 0 Å². The highest BCUT2D eigenvalue weighted by Gasteiger charge is 2.25. The van der Waals surface area contributed by atoms with Crippen LogP contribution in [0.3, 0.4) is 0 Å². The number of nitrogens with one attached hydrogen (secondary N) is 4. The molecule has 120 valence electrons. The highest BCUT2D eigenvalue weighted by atomic mass is 16.2. The Kier molecular flexibility index (Phi) is 3.51. The molecular formula is C18H16N4O2. The minimum atomic E-state index is -0.453. The Balaban J connectivity index is 1.54. The molecule has 1 unspecified atom stereocenters. The highest BCUT2D eigenvalue weighted by molar-refractivity contribution is 5.98. The fourth-order valence-corrected chi connectivity index (χ4v) is 2.87. The predicted molar refractivity (Wildman–Crippen MR) is 93.9 cm³/mol. The van der Waals surface area contributed by atoms with Gasteiger partial charge in [0.1, 0.15) is 11.7 Å². The van der Waals surface area contributed by atoms with Crippen molar-refractivity contribution < 1.29 is 4.79 Å². The van der Waals surface area contributed by atoms with Crippen LogP contribution in [-0.2, 0) is 11.2 Å². The molecular weight excluding hydrogens is 304 g/mol. The summed E-state index contributed by atoms with van der Waals surface area (Å²) in [6, 6.07) is 16.5. The summed E-state index contributed by atoms with van der Waals surface area (Å²) in [6.07, 6.45) is 0.556. The van der Waals surface area contributed by atoms with Gasteiger partial charge >= 0.3 is 0 Å². The fraction of sp³-hybridized carbons (Fsp3) is 0.111. The minimum Gasteiger partial charge on any atom is -0.324 e. The first-order valence-corrected chi connectivity index (χ1v) is 7.73. The molecule has 1 aliphatic rings. The van der Waals surface area contributed by atoms with Gasteiger partial charge in [-0.05, 0) is 23.8 Å². The van der Waals surface area contributed by atoms with Crippen LogP contribution in [0.2, 0.25) is 0 Å². The molecule has 1 atom stereocenters. The zero-order chi connectivity index (χ0) is 16.5. The Morgan fingerprint density at radius 1 is 1.00 bits per heavy atom. The first-order chi connectivity index (χ1) is 11.7. The van der Waals surface area contributed by atoms with Gasteiger partial charge in [-0.15, -0.1) is 0 Å². The summed E-state index contributed by atoms with van der Waals surface area (Å²) >= 11 is 0. The normalized spacial score (nSPS) is 16.5. The summed E-state index contributed by atoms with van der Waals surface area (Å²) in [5.41, 5.74) is 8.64. The molecule has 0 saturated heterocycles. The maximum absolute atomic E-state index is 12.2. The second-order valence-corrected chi connectivity index (χ2v) is 5.77. The average Bonchev–Trinajstić information content (AvgIpc) is 2.60. The highest BCUT2D eigenvalue weighted by Crippen LogP contribution is 2.22. The number of para-hydroxylation sites is 2. The summed E-state index contributed by atoms with van der Waals surface area (Å²) in [6.45, 7) is 0. The molecule has 2 aromatic carbocycles. The van der Waals surface area contributed by atoms with Gasteiger partial charge in [0.05, 0.1) is 0 Å². The summed E-state index contributed by atoms with van der Waals surface area (Å²) in [4.78, 5) is 27.1. The number of carbonyl (C=O) groups is 1. The Hall–Kier alpha value is -3.12. The SMILES string of the molecule is O=C1Nc2ccccc2CC1NNc1cc2ccccc2[nH]c1=O. The van der Waals surface area contributed by atoms with Crippen molar-refractivity contribution in [2.45, 2.75) is 12.5 Å². The van der Waals surface area contributed by atoms with Gasteiger partial charge in [-0.3, -0.25) is 9.59 Å². The number of hydrazine groups is 1. The summed E-state index contributed by atoms with van der Waals surface area (Å²) in [5.74, 6) is -0.126. The maximum Gasteiger partial charge on any atom is 0.273 e. The van der Waals surface area contributed by atoms with Crippen LogP contribution in [0.4, 0.5) is 11.4 Å². The molecule has 0 bridgehead atoms. The van der Waals surface area contributed by atoms with Gasteiger partial charge in [0.2, 0.25) is 5.91 Å². The molecule has 6 nitrogen and oxygen atoms in total. The van der Waals surface area contributed by atoms with E-state index in [0.29, 0.717) is 12.1 Å². The van der Waals surface area contributed by atoms with E-state index in [1.165, 1.54) is 0 Å². The van der Waals surface area contributed by atoms with Crippen LogP contribution in [0.5, 0.6) is 0 Å². The number of carbonyl (C=O) groups excluding carboxylic acids is 1. The second-order valence-electron chi connectivity index (χ2n) is 5.77. The van der Waals surface area contributed by atoms with Crippen molar-refractivity contribution in [1.82, 2.24) is 10.4 Å². The van der Waals surface area contributed by atoms with Gasteiger partial charge in [-0.25, -0.2) is 5.43 Å². The summed E-state index contributed by atoms with van der Waals surface area (Å²) < 4.78 is 0. The quantitative estimate of drug-likeness (QED) is 0.556. The Labute approximate surface area is 137 Å². The number of hydrogen-bond acceptors (Lipinski definition) is 4. The molecule has 4 rings (SSSR count). The van der Waals surface area contributed by atoms with Crippen molar-refractivity contribution in [2.24, 2.45) is 0 Å². The van der Waals surface area contributed by atoms with Crippen LogP contribution in [0.25, 0.3) is 10.9 Å². The zero-order valence-corrected chi connectivity index (χ0v) is 12.8. The van der Waals surface area contributed by atoms with Gasteiger partial charge < -0.3 is 15.7 Å². The van der Waals surface area contributed by atoms with Crippen LogP contribution in [-0.4, -0.2) is 16.9 Å². The Bertz CT molecular complexity index is 980. The second kappa shape index (κ2) is 5.82. The summed E-state index contributed by atoms with van der Waals surface area (Å²) in [7, 11) is 0. The van der Waals surface area contributed by atoms with E-state index in [2.05, 4.69) is 21.2 Å². The molecule has 0 aliphatic carbocycles. The predicted octanol–water partition coefficient (Wildman–Crippen LogP) is 2.01. The van der Waals surface area contributed by atoms with E-state index in [1.54, 1.807) is 6.07 Å². The van der Waals surface area contributed by atoms with E-state index < -0.39 is 6.04 Å². The number of rotatable bonds is 3. The van der Waals surface area contributed by atoms with Crippen molar-refractivity contribution in [2.75, 3.05) is 10.7 Å². The standard InChI is InChI=1S/C18H16N4O2/c23-17-15(9-11-5-1-3-7-13(11)19-17)21-22-16-10-12-6-2-4-8-14(12)20-18(16)24/h1-9,16,21-22H,10H2,(H,19,23)(H,20,24). The molecule has 0 saturated carbocycles. The molecule has 3 aromatic rings. The molecule has 1 aliphatic heterocycles. The number of fused-ring (bicyclic) bond motifs is 2. The molecule has 0 fully saturated rings. The molecule has 0 radical (unpaired) electrons. The van der Waals surface area contributed by atoms with Crippen LogP contribution in [0, 0.1) is 0 Å². The third kappa shape index (κ3) is 2.63. The van der Waals surface area contributed by atoms with E-state index in [1.807, 2.05) is 48.5 Å². The Morgan fingerprint density at radius 3 is 2.71 bits per heavy atom. The largest absolute Gasteiger partial charge is 0.324 e. The van der Waals surface area contributed by atoms with Gasteiger partial charge in [0.15, 0.2) is 0 Å². The van der Waals surface area contributed by atoms with Crippen LogP contribution in [0.15, 0.2) is 59.4 Å². The van der Waals surface area contributed by atoms with Gasteiger partial charge in [0, 0.05) is 23.0 Å². The smallest absolute Gasteiger partial charge is 0.273 e. The third-order valence-corrected chi connectivity index (χ3v) is 4.15. The molecule has 6 heteroatoms. The Morgan fingerprint density at radius 2 is 1.79 bits per heavy atom. The number of amides is 1. The van der Waals surface area contributed by atoms with Crippen molar-refractivity contribution >= 4 is 28.2 Å². The van der Waals surface area contributed by atoms with Gasteiger partial charge in [-0.2, -0.15) is 0 Å². The molecule has 1 amide bonds. The van der Waals surface area contributed by atoms with Crippen LogP contribution < -0.4 is 21.7 Å². The number of aromatic nitrogens is 1. The van der Waals surface area contributed by atoms with E-state index in [4.69, 9.17) is 0 Å². The topological polar surface area (TPSA) is 86.0 Å². The lowest BCUT2D eigenvalue weighted by atomic mass is 10.00. The molecule has 2 heterocycles. The lowest BCUT2D eigenvalue weighted by Gasteiger charge is -2.25. The number of pyridine rings is 1. The van der Waals surface area contributed by atoms with E-state index >= 15 is 0 Å².